The summed E-state index contributed by atoms with van der Waals surface area (Å²) >= 11 is 0. The highest BCUT2D eigenvalue weighted by atomic mass is 14.9. The van der Waals surface area contributed by atoms with Crippen molar-refractivity contribution in [2.24, 2.45) is 4.99 Å². The summed E-state index contributed by atoms with van der Waals surface area (Å²) < 4.78 is 0. The summed E-state index contributed by atoms with van der Waals surface area (Å²) in [6.45, 7) is 21.5. The van der Waals surface area contributed by atoms with E-state index in [-0.39, 0.29) is 0 Å². The molecular formula is C28H38N2. The van der Waals surface area contributed by atoms with Gasteiger partial charge in [0.05, 0.1) is 5.69 Å². The molecule has 0 unspecified atom stereocenters. The molecule has 0 aliphatic heterocycles. The van der Waals surface area contributed by atoms with Crippen LogP contribution in [0.3, 0.4) is 0 Å². The summed E-state index contributed by atoms with van der Waals surface area (Å²) in [6, 6.07) is 12.9. The van der Waals surface area contributed by atoms with Gasteiger partial charge in [-0.1, -0.05) is 90.6 Å². The van der Waals surface area contributed by atoms with Gasteiger partial charge in [-0.25, -0.2) is 0 Å². The average Bonchev–Trinajstić information content (AvgIpc) is 2.67. The first-order valence-corrected chi connectivity index (χ1v) is 11.0. The maximum Gasteiger partial charge on any atom is 0.0701 e. The van der Waals surface area contributed by atoms with Crippen LogP contribution in [0.25, 0.3) is 6.08 Å². The lowest BCUT2D eigenvalue weighted by atomic mass is 9.93. The normalized spacial score (nSPS) is 12.8. The maximum absolute atomic E-state index is 5.06. The number of anilines is 1. The van der Waals surface area contributed by atoms with E-state index in [1.807, 2.05) is 6.08 Å². The molecule has 2 aromatic rings. The van der Waals surface area contributed by atoms with Crippen LogP contribution in [-0.2, 0) is 0 Å². The molecule has 0 aliphatic carbocycles. The van der Waals surface area contributed by atoms with Crippen LogP contribution in [0.5, 0.6) is 0 Å². The Bertz CT molecular complexity index is 917. The van der Waals surface area contributed by atoms with Gasteiger partial charge in [0.25, 0.3) is 0 Å². The molecule has 0 aliphatic rings. The second-order valence-electron chi connectivity index (χ2n) is 8.97. The maximum atomic E-state index is 5.06. The molecule has 2 rings (SSSR count). The summed E-state index contributed by atoms with van der Waals surface area (Å²) in [5, 5.41) is 3.61. The number of hydrogen-bond donors (Lipinski definition) is 1. The van der Waals surface area contributed by atoms with E-state index < -0.39 is 0 Å². The second-order valence-corrected chi connectivity index (χ2v) is 8.97. The van der Waals surface area contributed by atoms with Crippen LogP contribution in [0, 0.1) is 0 Å². The van der Waals surface area contributed by atoms with Crippen LogP contribution in [0.2, 0.25) is 0 Å². The minimum atomic E-state index is 0.432. The molecule has 0 saturated carbocycles. The number of nitrogens with one attached hydrogen (secondary N) is 1. The predicted molar refractivity (Wildman–Crippen MR) is 135 cm³/mol. The molecule has 0 atom stereocenters. The smallest absolute Gasteiger partial charge is 0.0701 e. The first-order chi connectivity index (χ1) is 14.1. The van der Waals surface area contributed by atoms with Crippen molar-refractivity contribution in [3.05, 3.63) is 77.0 Å². The van der Waals surface area contributed by atoms with E-state index in [0.29, 0.717) is 17.8 Å². The molecule has 0 spiro atoms. The van der Waals surface area contributed by atoms with Crippen molar-refractivity contribution in [1.29, 1.82) is 0 Å². The SMILES string of the molecule is C=Cc1cccc(C(C)C)c1NC(C)=CC(C)=Nc1c(C(C)C)cccc1C(C)C. The van der Waals surface area contributed by atoms with E-state index in [1.165, 1.54) is 16.7 Å². The van der Waals surface area contributed by atoms with Gasteiger partial charge in [-0.05, 0) is 59.9 Å². The molecule has 2 aromatic carbocycles. The molecule has 1 N–H and O–H groups in total. The Hall–Kier alpha value is -2.61. The van der Waals surface area contributed by atoms with E-state index in [4.69, 9.17) is 4.99 Å². The Morgan fingerprint density at radius 2 is 1.33 bits per heavy atom. The molecule has 2 nitrogen and oxygen atoms in total. The Kier molecular flexibility index (Phi) is 8.23. The Balaban J connectivity index is 2.44. The minimum Gasteiger partial charge on any atom is -0.358 e. The van der Waals surface area contributed by atoms with Crippen molar-refractivity contribution in [2.75, 3.05) is 5.32 Å². The molecule has 160 valence electrons. The molecule has 0 aromatic heterocycles. The highest BCUT2D eigenvalue weighted by Crippen LogP contribution is 2.35. The molecule has 0 saturated heterocycles. The highest BCUT2D eigenvalue weighted by Gasteiger charge is 2.13. The fourth-order valence-electron chi connectivity index (χ4n) is 3.78. The van der Waals surface area contributed by atoms with E-state index >= 15 is 0 Å². The van der Waals surface area contributed by atoms with Crippen molar-refractivity contribution in [1.82, 2.24) is 0 Å². The Morgan fingerprint density at radius 3 is 1.83 bits per heavy atom. The number of nitrogens with zero attached hydrogens (tertiary/aromatic N) is 1. The molecule has 0 fully saturated rings. The first kappa shape index (κ1) is 23.7. The van der Waals surface area contributed by atoms with Crippen molar-refractivity contribution < 1.29 is 0 Å². The molecular weight excluding hydrogens is 364 g/mol. The van der Waals surface area contributed by atoms with Gasteiger partial charge >= 0.3 is 0 Å². The van der Waals surface area contributed by atoms with Crippen LogP contribution in [0.1, 0.15) is 95.4 Å². The van der Waals surface area contributed by atoms with Gasteiger partial charge in [0.15, 0.2) is 0 Å². The summed E-state index contributed by atoms with van der Waals surface area (Å²) in [4.78, 5) is 5.06. The molecule has 0 radical (unpaired) electrons. The van der Waals surface area contributed by atoms with Gasteiger partial charge in [-0.15, -0.1) is 0 Å². The number of rotatable bonds is 8. The van der Waals surface area contributed by atoms with Crippen molar-refractivity contribution >= 4 is 23.2 Å². The van der Waals surface area contributed by atoms with E-state index in [0.717, 1.165) is 28.3 Å². The molecule has 0 bridgehead atoms. The fourth-order valence-corrected chi connectivity index (χ4v) is 3.78. The predicted octanol–water partition coefficient (Wildman–Crippen LogP) is 8.81. The van der Waals surface area contributed by atoms with Crippen LogP contribution in [0.15, 0.2) is 59.7 Å². The number of benzene rings is 2. The van der Waals surface area contributed by atoms with E-state index in [2.05, 4.69) is 110 Å². The highest BCUT2D eigenvalue weighted by molar-refractivity contribution is 5.96. The van der Waals surface area contributed by atoms with E-state index in [9.17, 15) is 0 Å². The zero-order valence-electron chi connectivity index (χ0n) is 20.0. The molecule has 2 heteroatoms. The first-order valence-electron chi connectivity index (χ1n) is 11.0. The van der Waals surface area contributed by atoms with Gasteiger partial charge in [0, 0.05) is 17.1 Å². The standard InChI is InChI=1S/C28H38N2/c1-10-23-13-11-14-24(18(2)3)27(23)29-21(8)17-22(9)30-28-25(19(4)5)15-12-16-26(28)20(6)7/h10-20,29H,1H2,2-9H3. The van der Waals surface area contributed by atoms with Gasteiger partial charge in [-0.2, -0.15) is 0 Å². The number of allylic oxidation sites excluding steroid dienone is 2. The van der Waals surface area contributed by atoms with Crippen LogP contribution in [0.4, 0.5) is 11.4 Å². The minimum absolute atomic E-state index is 0.432. The largest absolute Gasteiger partial charge is 0.358 e. The molecule has 30 heavy (non-hydrogen) atoms. The second kappa shape index (κ2) is 10.4. The van der Waals surface area contributed by atoms with Gasteiger partial charge in [-0.3, -0.25) is 4.99 Å². The van der Waals surface area contributed by atoms with Crippen LogP contribution in [-0.4, -0.2) is 5.71 Å². The Morgan fingerprint density at radius 1 is 0.833 bits per heavy atom. The molecule has 0 heterocycles. The molecule has 0 amide bonds. The summed E-state index contributed by atoms with van der Waals surface area (Å²) in [6.07, 6.45) is 4.04. The van der Waals surface area contributed by atoms with E-state index in [1.54, 1.807) is 0 Å². The quantitative estimate of drug-likeness (QED) is 0.438. The topological polar surface area (TPSA) is 24.4 Å². The number of para-hydroxylation sites is 2. The lowest BCUT2D eigenvalue weighted by Crippen LogP contribution is -2.05. The summed E-state index contributed by atoms with van der Waals surface area (Å²) in [7, 11) is 0. The zero-order chi connectivity index (χ0) is 22.4. The lowest BCUT2D eigenvalue weighted by Gasteiger charge is -2.18. The summed E-state index contributed by atoms with van der Waals surface area (Å²) in [5.41, 5.74) is 9.35. The van der Waals surface area contributed by atoms with Crippen molar-refractivity contribution in [3.8, 4) is 0 Å². The third-order valence-corrected chi connectivity index (χ3v) is 5.35. The fraction of sp³-hybridized carbons (Fsp3) is 0.393. The third-order valence-electron chi connectivity index (χ3n) is 5.35. The van der Waals surface area contributed by atoms with Gasteiger partial charge < -0.3 is 5.32 Å². The van der Waals surface area contributed by atoms with Gasteiger partial charge in [0.2, 0.25) is 0 Å². The van der Waals surface area contributed by atoms with Crippen molar-refractivity contribution in [2.45, 2.75) is 73.1 Å². The lowest BCUT2D eigenvalue weighted by molar-refractivity contribution is 0.834. The monoisotopic (exact) mass is 402 g/mol. The average molecular weight is 403 g/mol. The Labute approximate surface area is 183 Å². The van der Waals surface area contributed by atoms with Gasteiger partial charge in [0.1, 0.15) is 0 Å². The zero-order valence-corrected chi connectivity index (χ0v) is 20.0. The van der Waals surface area contributed by atoms with Crippen LogP contribution < -0.4 is 5.32 Å². The number of hydrogen-bond acceptors (Lipinski definition) is 2. The van der Waals surface area contributed by atoms with Crippen molar-refractivity contribution in [3.63, 3.8) is 0 Å². The number of aliphatic imine (C=N–C) groups is 1. The third kappa shape index (κ3) is 5.72. The van der Waals surface area contributed by atoms with Crippen LogP contribution >= 0.6 is 0 Å². The summed E-state index contributed by atoms with van der Waals surface area (Å²) in [5.74, 6) is 1.31.